The lowest BCUT2D eigenvalue weighted by atomic mass is 10.1. The quantitative estimate of drug-likeness (QED) is 0.595. The molecule has 1 aliphatic heterocycles. The molecule has 0 amide bonds. The largest absolute Gasteiger partial charge is 0.462 e. The normalized spacial score (nSPS) is 23.9. The van der Waals surface area contributed by atoms with E-state index in [1.807, 2.05) is 13.8 Å². The third-order valence-corrected chi connectivity index (χ3v) is 3.37. The van der Waals surface area contributed by atoms with E-state index in [0.717, 1.165) is 25.9 Å². The van der Waals surface area contributed by atoms with Crippen molar-refractivity contribution in [2.24, 2.45) is 5.92 Å². The fraction of sp³-hybridized carbons (Fsp3) is 0.909. The molecule has 1 rings (SSSR count). The third-order valence-electron chi connectivity index (χ3n) is 2.56. The summed E-state index contributed by atoms with van der Waals surface area (Å²) in [6.07, 6.45) is 3.37. The zero-order valence-corrected chi connectivity index (χ0v) is 10.3. The molecule has 2 unspecified atom stereocenters. The lowest BCUT2D eigenvalue weighted by Gasteiger charge is -2.23. The number of rotatable bonds is 4. The molecular weight excluding hydrogens is 212 g/mol. The molecule has 1 aliphatic rings. The minimum Gasteiger partial charge on any atom is -0.462 e. The standard InChI is InChI=1S/C11H20O3S/c1-8(2)10(15)11(12)14-7-9-5-3-4-6-13-9/h8-10,15H,3-7H2,1-2H3. The maximum absolute atomic E-state index is 11.5. The average Bonchev–Trinajstić information content (AvgIpc) is 2.26. The van der Waals surface area contributed by atoms with Crippen LogP contribution in [0.1, 0.15) is 33.1 Å². The lowest BCUT2D eigenvalue weighted by molar-refractivity contribution is -0.149. The van der Waals surface area contributed by atoms with Crippen molar-refractivity contribution in [3.63, 3.8) is 0 Å². The Labute approximate surface area is 96.9 Å². The number of carbonyl (C=O) groups is 1. The number of thiol groups is 1. The van der Waals surface area contributed by atoms with Crippen molar-refractivity contribution in [2.75, 3.05) is 13.2 Å². The van der Waals surface area contributed by atoms with E-state index in [-0.39, 0.29) is 23.2 Å². The summed E-state index contributed by atoms with van der Waals surface area (Å²) in [5.74, 6) is -0.0318. The van der Waals surface area contributed by atoms with Gasteiger partial charge in [0.15, 0.2) is 0 Å². The van der Waals surface area contributed by atoms with Gasteiger partial charge in [-0.2, -0.15) is 12.6 Å². The average molecular weight is 232 g/mol. The summed E-state index contributed by atoms with van der Waals surface area (Å²) in [6, 6.07) is 0. The van der Waals surface area contributed by atoms with Gasteiger partial charge in [-0.1, -0.05) is 13.8 Å². The van der Waals surface area contributed by atoms with Crippen LogP contribution in [-0.4, -0.2) is 30.5 Å². The molecule has 0 spiro atoms. The van der Waals surface area contributed by atoms with E-state index in [1.165, 1.54) is 0 Å². The Morgan fingerprint density at radius 2 is 2.27 bits per heavy atom. The van der Waals surface area contributed by atoms with Gasteiger partial charge in [0.05, 0.1) is 6.10 Å². The summed E-state index contributed by atoms with van der Waals surface area (Å²) in [5, 5.41) is -0.325. The van der Waals surface area contributed by atoms with Crippen LogP contribution >= 0.6 is 12.6 Å². The summed E-state index contributed by atoms with van der Waals surface area (Å²) < 4.78 is 10.6. The van der Waals surface area contributed by atoms with Crippen LogP contribution in [-0.2, 0) is 14.3 Å². The van der Waals surface area contributed by atoms with Crippen molar-refractivity contribution in [3.05, 3.63) is 0 Å². The van der Waals surface area contributed by atoms with E-state index in [1.54, 1.807) is 0 Å². The maximum Gasteiger partial charge on any atom is 0.319 e. The summed E-state index contributed by atoms with van der Waals surface area (Å²) in [6.45, 7) is 5.07. The molecule has 1 saturated heterocycles. The smallest absolute Gasteiger partial charge is 0.319 e. The zero-order chi connectivity index (χ0) is 11.3. The van der Waals surface area contributed by atoms with Crippen LogP contribution in [0.15, 0.2) is 0 Å². The minimum absolute atomic E-state index is 0.0930. The highest BCUT2D eigenvalue weighted by Gasteiger charge is 2.21. The van der Waals surface area contributed by atoms with E-state index in [4.69, 9.17) is 9.47 Å². The Morgan fingerprint density at radius 1 is 1.53 bits per heavy atom. The number of hydrogen-bond acceptors (Lipinski definition) is 4. The van der Waals surface area contributed by atoms with Gasteiger partial charge in [-0.05, 0) is 25.2 Å². The van der Waals surface area contributed by atoms with Crippen LogP contribution in [0.3, 0.4) is 0 Å². The minimum atomic E-state index is -0.325. The molecule has 0 saturated carbocycles. The molecule has 0 N–H and O–H groups in total. The van der Waals surface area contributed by atoms with Crippen LogP contribution in [0, 0.1) is 5.92 Å². The topological polar surface area (TPSA) is 35.5 Å². The second-order valence-electron chi connectivity index (χ2n) is 4.31. The van der Waals surface area contributed by atoms with Gasteiger partial charge in [0, 0.05) is 6.61 Å². The van der Waals surface area contributed by atoms with Gasteiger partial charge in [-0.15, -0.1) is 0 Å². The molecule has 0 aliphatic carbocycles. The van der Waals surface area contributed by atoms with Crippen molar-refractivity contribution in [1.29, 1.82) is 0 Å². The number of carbonyl (C=O) groups excluding carboxylic acids is 1. The summed E-state index contributed by atoms with van der Waals surface area (Å²) >= 11 is 4.20. The molecule has 0 radical (unpaired) electrons. The van der Waals surface area contributed by atoms with Crippen LogP contribution in [0.25, 0.3) is 0 Å². The second kappa shape index (κ2) is 6.38. The Hall–Kier alpha value is -0.220. The van der Waals surface area contributed by atoms with E-state index in [9.17, 15) is 4.79 Å². The van der Waals surface area contributed by atoms with E-state index in [0.29, 0.717) is 6.61 Å². The van der Waals surface area contributed by atoms with Gasteiger partial charge in [0.25, 0.3) is 0 Å². The Morgan fingerprint density at radius 3 is 2.80 bits per heavy atom. The van der Waals surface area contributed by atoms with Crippen LogP contribution < -0.4 is 0 Å². The first-order valence-corrected chi connectivity index (χ1v) is 6.09. The van der Waals surface area contributed by atoms with Crippen LogP contribution in [0.2, 0.25) is 0 Å². The molecule has 15 heavy (non-hydrogen) atoms. The predicted molar refractivity (Wildman–Crippen MR) is 62.2 cm³/mol. The number of hydrogen-bond donors (Lipinski definition) is 1. The Balaban J connectivity index is 2.20. The highest BCUT2D eigenvalue weighted by atomic mass is 32.1. The molecule has 2 atom stereocenters. The monoisotopic (exact) mass is 232 g/mol. The summed E-state index contributed by atoms with van der Waals surface area (Å²) in [4.78, 5) is 11.5. The molecule has 88 valence electrons. The highest BCUT2D eigenvalue weighted by molar-refractivity contribution is 7.81. The molecule has 0 bridgehead atoms. The molecule has 3 nitrogen and oxygen atoms in total. The van der Waals surface area contributed by atoms with Gasteiger partial charge in [-0.25, -0.2) is 0 Å². The van der Waals surface area contributed by atoms with Crippen LogP contribution in [0.5, 0.6) is 0 Å². The van der Waals surface area contributed by atoms with Gasteiger partial charge in [0.1, 0.15) is 11.9 Å². The van der Waals surface area contributed by atoms with E-state index in [2.05, 4.69) is 12.6 Å². The fourth-order valence-corrected chi connectivity index (χ4v) is 1.55. The van der Waals surface area contributed by atoms with Crippen molar-refractivity contribution in [2.45, 2.75) is 44.5 Å². The van der Waals surface area contributed by atoms with E-state index < -0.39 is 0 Å². The van der Waals surface area contributed by atoms with Crippen LogP contribution in [0.4, 0.5) is 0 Å². The number of ether oxygens (including phenoxy) is 2. The van der Waals surface area contributed by atoms with Crippen molar-refractivity contribution in [3.8, 4) is 0 Å². The third kappa shape index (κ3) is 4.43. The van der Waals surface area contributed by atoms with E-state index >= 15 is 0 Å². The zero-order valence-electron chi connectivity index (χ0n) is 9.44. The molecule has 1 fully saturated rings. The Kier molecular flexibility index (Phi) is 5.47. The fourth-order valence-electron chi connectivity index (χ4n) is 1.47. The van der Waals surface area contributed by atoms with Gasteiger partial charge in [-0.3, -0.25) is 4.79 Å². The van der Waals surface area contributed by atoms with Gasteiger partial charge < -0.3 is 9.47 Å². The highest BCUT2D eigenvalue weighted by Crippen LogP contribution is 2.15. The number of esters is 1. The van der Waals surface area contributed by atoms with Gasteiger partial charge in [0.2, 0.25) is 0 Å². The van der Waals surface area contributed by atoms with Crippen molar-refractivity contribution in [1.82, 2.24) is 0 Å². The SMILES string of the molecule is CC(C)C(S)C(=O)OCC1CCCCO1. The second-order valence-corrected chi connectivity index (χ2v) is 4.86. The molecule has 4 heteroatoms. The summed E-state index contributed by atoms with van der Waals surface area (Å²) in [5.41, 5.74) is 0. The Bertz CT molecular complexity index is 200. The molecule has 0 aromatic rings. The van der Waals surface area contributed by atoms with Crippen molar-refractivity contribution < 1.29 is 14.3 Å². The molecule has 0 aromatic carbocycles. The first-order valence-electron chi connectivity index (χ1n) is 5.57. The lowest BCUT2D eigenvalue weighted by Crippen LogP contribution is -2.30. The first kappa shape index (κ1) is 12.8. The maximum atomic E-state index is 11.5. The van der Waals surface area contributed by atoms with Crippen molar-refractivity contribution >= 4 is 18.6 Å². The molecular formula is C11H20O3S. The predicted octanol–water partition coefficient (Wildman–Crippen LogP) is 2.05. The van der Waals surface area contributed by atoms with Gasteiger partial charge >= 0.3 is 5.97 Å². The first-order chi connectivity index (χ1) is 7.11. The summed E-state index contributed by atoms with van der Waals surface area (Å²) in [7, 11) is 0. The molecule has 0 aromatic heterocycles. The molecule has 1 heterocycles.